The van der Waals surface area contributed by atoms with Gasteiger partial charge in [-0.3, -0.25) is 5.84 Å². The third kappa shape index (κ3) is 6.54. The Kier molecular flexibility index (Phi) is 8.28. The smallest absolute Gasteiger partial charge is 0.225 e. The normalized spacial score (nSPS) is 15.8. The fourth-order valence-corrected chi connectivity index (χ4v) is 2.77. The first kappa shape index (κ1) is 19.9. The summed E-state index contributed by atoms with van der Waals surface area (Å²) in [5, 5.41) is 12.9. The molecule has 117 valence electrons. The van der Waals surface area contributed by atoms with Gasteiger partial charge in [0, 0.05) is 6.61 Å². The third-order valence-corrected chi connectivity index (χ3v) is 8.79. The number of hydrogen-bond acceptors (Lipinski definition) is 4. The highest BCUT2D eigenvalue weighted by Gasteiger charge is 2.37. The quantitative estimate of drug-likeness (QED) is 0.265. The molecule has 0 unspecified atom stereocenters. The lowest BCUT2D eigenvalue weighted by Gasteiger charge is -2.36. The summed E-state index contributed by atoms with van der Waals surface area (Å²) >= 11 is 0. The predicted octanol–water partition coefficient (Wildman–Crippen LogP) is 2.45. The molecule has 4 N–H and O–H groups in total. The lowest BCUT2D eigenvalue weighted by Crippen LogP contribution is -2.41. The van der Waals surface area contributed by atoms with Crippen LogP contribution in [0.4, 0.5) is 0 Å². The van der Waals surface area contributed by atoms with E-state index in [-0.39, 0.29) is 11.0 Å². The average Bonchev–Trinajstić information content (AvgIpc) is 2.30. The Bertz CT molecular complexity index is 306. The first-order valence-electron chi connectivity index (χ1n) is 7.28. The molecule has 1 radical (unpaired) electrons. The fraction of sp³-hybridized carbons (Fsp3) is 0.857. The van der Waals surface area contributed by atoms with Crippen molar-refractivity contribution >= 4 is 15.7 Å². The molecule has 0 aliphatic carbocycles. The van der Waals surface area contributed by atoms with Gasteiger partial charge in [-0.2, -0.15) is 0 Å². The Morgan fingerprint density at radius 2 is 2.00 bits per heavy atom. The number of hydrogen-bond donors (Lipinski definition) is 3. The van der Waals surface area contributed by atoms with E-state index in [1.807, 2.05) is 6.92 Å². The van der Waals surface area contributed by atoms with Crippen molar-refractivity contribution in [3.63, 3.8) is 0 Å². The van der Waals surface area contributed by atoms with Gasteiger partial charge in [0.15, 0.2) is 8.32 Å². The Hall–Kier alpha value is -0.138. The van der Waals surface area contributed by atoms with Crippen LogP contribution in [0.5, 0.6) is 0 Å². The number of nitrogens with one attached hydrogen (secondary N) is 1. The van der Waals surface area contributed by atoms with Crippen LogP contribution in [0.1, 0.15) is 34.1 Å². The van der Waals surface area contributed by atoms with Crippen LogP contribution in [0.2, 0.25) is 24.5 Å². The lowest BCUT2D eigenvalue weighted by molar-refractivity contribution is 0.129. The van der Waals surface area contributed by atoms with Gasteiger partial charge in [0.2, 0.25) is 7.41 Å². The van der Waals surface area contributed by atoms with Gasteiger partial charge >= 0.3 is 0 Å². The van der Waals surface area contributed by atoms with Gasteiger partial charge in [0.25, 0.3) is 0 Å². The van der Waals surface area contributed by atoms with Gasteiger partial charge < -0.3 is 14.9 Å². The van der Waals surface area contributed by atoms with Crippen molar-refractivity contribution in [2.24, 2.45) is 11.8 Å². The zero-order chi connectivity index (χ0) is 16.0. The zero-order valence-electron chi connectivity index (χ0n) is 14.0. The van der Waals surface area contributed by atoms with Gasteiger partial charge in [-0.05, 0) is 37.4 Å². The van der Waals surface area contributed by atoms with Crippen LogP contribution in [-0.2, 0) is 4.43 Å². The topological polar surface area (TPSA) is 67.5 Å². The van der Waals surface area contributed by atoms with Crippen molar-refractivity contribution in [3.05, 3.63) is 12.2 Å². The Morgan fingerprint density at radius 1 is 1.45 bits per heavy atom. The fourth-order valence-electron chi connectivity index (χ4n) is 1.71. The average molecular weight is 299 g/mol. The number of nitrogens with two attached hydrogens (primary N) is 1. The van der Waals surface area contributed by atoms with Crippen LogP contribution in [0, 0.1) is 5.92 Å². The summed E-state index contributed by atoms with van der Waals surface area (Å²) in [6.07, 6.45) is 0.993. The highest BCUT2D eigenvalue weighted by molar-refractivity contribution is 6.74. The maximum atomic E-state index is 10.2. The molecule has 0 aromatic heterocycles. The van der Waals surface area contributed by atoms with Gasteiger partial charge in [-0.25, -0.2) is 0 Å². The number of aliphatic hydroxyl groups excluding tert-OH is 1. The van der Waals surface area contributed by atoms with Gasteiger partial charge in [-0.1, -0.05) is 39.2 Å². The summed E-state index contributed by atoms with van der Waals surface area (Å²) in [4.78, 5) is 0. The summed E-state index contributed by atoms with van der Waals surface area (Å²) in [5.41, 5.74) is 0.785. The van der Waals surface area contributed by atoms with E-state index >= 15 is 0 Å². The van der Waals surface area contributed by atoms with Crippen molar-refractivity contribution in [3.8, 4) is 0 Å². The lowest BCUT2D eigenvalue weighted by atomic mass is 9.76. The first-order valence-corrected chi connectivity index (χ1v) is 10.2. The van der Waals surface area contributed by atoms with E-state index in [1.165, 1.54) is 0 Å². The van der Waals surface area contributed by atoms with E-state index in [0.29, 0.717) is 12.9 Å². The van der Waals surface area contributed by atoms with Crippen LogP contribution >= 0.6 is 0 Å². The van der Waals surface area contributed by atoms with E-state index in [4.69, 9.17) is 10.3 Å². The molecule has 0 spiro atoms. The SMILES string of the molecule is C=C(C)[C@H](O)[C@@H](C[B]NN)CCO[Si](C)(C)C(C)(C)C. The Labute approximate surface area is 126 Å². The van der Waals surface area contributed by atoms with Crippen LogP contribution < -0.4 is 11.2 Å². The highest BCUT2D eigenvalue weighted by Crippen LogP contribution is 2.36. The molecule has 0 aliphatic heterocycles. The molecule has 0 fully saturated rings. The summed E-state index contributed by atoms with van der Waals surface area (Å²) in [6.45, 7) is 17.5. The van der Waals surface area contributed by atoms with Crippen LogP contribution in [-0.4, -0.2) is 33.5 Å². The number of aliphatic hydroxyl groups is 1. The molecule has 0 saturated heterocycles. The summed E-state index contributed by atoms with van der Waals surface area (Å²) in [5.74, 6) is 5.37. The van der Waals surface area contributed by atoms with E-state index in [1.54, 1.807) is 7.41 Å². The second kappa shape index (κ2) is 8.34. The van der Waals surface area contributed by atoms with Crippen molar-refractivity contribution in [2.45, 2.75) is 64.7 Å². The number of hydrazine groups is 1. The predicted molar refractivity (Wildman–Crippen MR) is 90.0 cm³/mol. The molecule has 0 aromatic carbocycles. The highest BCUT2D eigenvalue weighted by atomic mass is 28.4. The second-order valence-electron chi connectivity index (χ2n) is 7.06. The van der Waals surface area contributed by atoms with Crippen molar-refractivity contribution in [1.29, 1.82) is 0 Å². The maximum Gasteiger partial charge on any atom is 0.225 e. The molecule has 0 rings (SSSR count). The first-order chi connectivity index (χ1) is 9.03. The molecule has 4 nitrogen and oxygen atoms in total. The largest absolute Gasteiger partial charge is 0.417 e. The van der Waals surface area contributed by atoms with Gasteiger partial charge in [0.1, 0.15) is 0 Å². The Balaban J connectivity index is 4.44. The van der Waals surface area contributed by atoms with E-state index in [2.05, 4.69) is 45.8 Å². The van der Waals surface area contributed by atoms with Crippen LogP contribution in [0.15, 0.2) is 12.2 Å². The molecule has 20 heavy (non-hydrogen) atoms. The van der Waals surface area contributed by atoms with Gasteiger partial charge in [0.05, 0.1) is 6.10 Å². The third-order valence-electron chi connectivity index (χ3n) is 4.25. The Morgan fingerprint density at radius 3 is 2.40 bits per heavy atom. The minimum absolute atomic E-state index is 0.0910. The zero-order valence-corrected chi connectivity index (χ0v) is 15.0. The molecule has 2 atom stereocenters. The maximum absolute atomic E-state index is 10.2. The van der Waals surface area contributed by atoms with Crippen LogP contribution in [0.25, 0.3) is 0 Å². The molecule has 0 aliphatic rings. The monoisotopic (exact) mass is 299 g/mol. The van der Waals surface area contributed by atoms with Crippen molar-refractivity contribution in [2.75, 3.05) is 6.61 Å². The number of rotatable bonds is 9. The van der Waals surface area contributed by atoms with Crippen molar-refractivity contribution in [1.82, 2.24) is 5.34 Å². The molecule has 0 aromatic rings. The molecule has 0 saturated carbocycles. The molecule has 0 bridgehead atoms. The standard InChI is InChI=1S/C14H32BN2O2Si/c1-11(2)13(18)12(10-15-17-16)8-9-19-20(6,7)14(3,4)5/h12-13,17-18H,1,8-10,16H2,2-7H3/t12-,13+/m1/s1. The molecule has 0 heterocycles. The molecular weight excluding hydrogens is 267 g/mol. The summed E-state index contributed by atoms with van der Waals surface area (Å²) in [7, 11) is 0.0475. The van der Waals surface area contributed by atoms with Crippen LogP contribution in [0.3, 0.4) is 0 Å². The van der Waals surface area contributed by atoms with E-state index in [0.717, 1.165) is 12.0 Å². The minimum atomic E-state index is -1.72. The summed E-state index contributed by atoms with van der Waals surface area (Å²) < 4.78 is 6.17. The van der Waals surface area contributed by atoms with Gasteiger partial charge in [-0.15, -0.1) is 0 Å². The minimum Gasteiger partial charge on any atom is -0.417 e. The van der Waals surface area contributed by atoms with E-state index < -0.39 is 14.4 Å². The van der Waals surface area contributed by atoms with Crippen molar-refractivity contribution < 1.29 is 9.53 Å². The summed E-state index contributed by atoms with van der Waals surface area (Å²) in [6, 6.07) is 0. The van der Waals surface area contributed by atoms with E-state index in [9.17, 15) is 5.11 Å². The molecule has 6 heteroatoms. The second-order valence-corrected chi connectivity index (χ2v) is 11.9. The molecule has 0 amide bonds. The molecular formula is C14H32BN2O2Si.